The molecule has 0 aliphatic carbocycles. The van der Waals surface area contributed by atoms with E-state index in [9.17, 15) is 9.18 Å². The number of carbonyl (C=O) groups excluding carboxylic acids is 1. The summed E-state index contributed by atoms with van der Waals surface area (Å²) in [6.45, 7) is 3.12. The van der Waals surface area contributed by atoms with Crippen LogP contribution in [0.5, 0.6) is 0 Å². The molecule has 1 saturated heterocycles. The first kappa shape index (κ1) is 18.3. The number of likely N-dealkylation sites (tertiary alicyclic amines) is 1. The normalized spacial score (nSPS) is 20.0. The number of halogens is 1. The van der Waals surface area contributed by atoms with Gasteiger partial charge in [-0.1, -0.05) is 30.3 Å². The summed E-state index contributed by atoms with van der Waals surface area (Å²) in [6.07, 6.45) is 1.76. The average Bonchev–Trinajstić information content (AvgIpc) is 2.66. The van der Waals surface area contributed by atoms with Crippen molar-refractivity contribution in [2.75, 3.05) is 20.2 Å². The van der Waals surface area contributed by atoms with Gasteiger partial charge in [-0.3, -0.25) is 0 Å². The topological polar surface area (TPSA) is 51.7 Å². The predicted molar refractivity (Wildman–Crippen MR) is 95.3 cm³/mol. The largest absolute Gasteiger partial charge is 0.445 e. The van der Waals surface area contributed by atoms with E-state index < -0.39 is 5.95 Å². The molecule has 2 atom stereocenters. The summed E-state index contributed by atoms with van der Waals surface area (Å²) >= 11 is 0. The third kappa shape index (κ3) is 4.19. The Morgan fingerprint density at radius 3 is 2.81 bits per heavy atom. The fourth-order valence-corrected chi connectivity index (χ4v) is 3.41. The summed E-state index contributed by atoms with van der Waals surface area (Å²) in [5, 5.41) is 0. The third-order valence-corrected chi connectivity index (χ3v) is 4.84. The van der Waals surface area contributed by atoms with E-state index in [-0.39, 0.29) is 24.7 Å². The Labute approximate surface area is 152 Å². The highest BCUT2D eigenvalue weighted by Crippen LogP contribution is 2.32. The van der Waals surface area contributed by atoms with Crippen molar-refractivity contribution in [3.8, 4) is 0 Å². The number of hydrogen-bond donors (Lipinski definition) is 0. The lowest BCUT2D eigenvalue weighted by atomic mass is 9.86. The van der Waals surface area contributed by atoms with Crippen LogP contribution in [-0.2, 0) is 16.1 Å². The molecule has 3 rings (SSSR count). The van der Waals surface area contributed by atoms with Gasteiger partial charge in [0.15, 0.2) is 0 Å². The van der Waals surface area contributed by atoms with E-state index in [4.69, 9.17) is 9.47 Å². The number of pyridine rings is 1. The zero-order valence-electron chi connectivity index (χ0n) is 15.0. The SMILES string of the molecule is COC1CN(C(=O)OCc2ccccc2)CCC1c1cnc(F)cc1C. The van der Waals surface area contributed by atoms with Crippen molar-refractivity contribution in [3.05, 3.63) is 65.2 Å². The van der Waals surface area contributed by atoms with Gasteiger partial charge in [0.2, 0.25) is 5.95 Å². The lowest BCUT2D eigenvalue weighted by Crippen LogP contribution is -2.46. The summed E-state index contributed by atoms with van der Waals surface area (Å²) in [5.74, 6) is -0.409. The first-order valence-electron chi connectivity index (χ1n) is 8.69. The Balaban J connectivity index is 1.62. The second-order valence-corrected chi connectivity index (χ2v) is 6.52. The number of ether oxygens (including phenoxy) is 2. The number of benzene rings is 1. The van der Waals surface area contributed by atoms with Crippen LogP contribution in [0.25, 0.3) is 0 Å². The summed E-state index contributed by atoms with van der Waals surface area (Å²) in [7, 11) is 1.63. The van der Waals surface area contributed by atoms with Crippen LogP contribution in [0, 0.1) is 12.9 Å². The molecule has 5 nitrogen and oxygen atoms in total. The molecule has 1 aliphatic heterocycles. The molecule has 26 heavy (non-hydrogen) atoms. The van der Waals surface area contributed by atoms with Crippen LogP contribution >= 0.6 is 0 Å². The van der Waals surface area contributed by atoms with Crippen molar-refractivity contribution >= 4 is 6.09 Å². The number of nitrogens with zero attached hydrogens (tertiary/aromatic N) is 2. The number of rotatable bonds is 4. The van der Waals surface area contributed by atoms with Crippen LogP contribution in [0.1, 0.15) is 29.0 Å². The lowest BCUT2D eigenvalue weighted by molar-refractivity contribution is 0.00856. The van der Waals surface area contributed by atoms with Gasteiger partial charge in [0.25, 0.3) is 0 Å². The predicted octanol–water partition coefficient (Wildman–Crippen LogP) is 3.67. The van der Waals surface area contributed by atoms with Gasteiger partial charge in [-0.15, -0.1) is 0 Å². The molecule has 2 heterocycles. The van der Waals surface area contributed by atoms with Crippen molar-refractivity contribution in [1.29, 1.82) is 0 Å². The quantitative estimate of drug-likeness (QED) is 0.783. The maximum Gasteiger partial charge on any atom is 0.410 e. The zero-order chi connectivity index (χ0) is 18.5. The molecule has 0 spiro atoms. The van der Waals surface area contributed by atoms with E-state index in [1.165, 1.54) is 6.07 Å². The van der Waals surface area contributed by atoms with E-state index in [2.05, 4.69) is 4.98 Å². The second-order valence-electron chi connectivity index (χ2n) is 6.52. The van der Waals surface area contributed by atoms with Crippen molar-refractivity contribution < 1.29 is 18.7 Å². The van der Waals surface area contributed by atoms with Gasteiger partial charge in [-0.25, -0.2) is 9.78 Å². The van der Waals surface area contributed by atoms with E-state index in [1.54, 1.807) is 18.2 Å². The van der Waals surface area contributed by atoms with Gasteiger partial charge in [-0.2, -0.15) is 4.39 Å². The third-order valence-electron chi connectivity index (χ3n) is 4.84. The Morgan fingerprint density at radius 2 is 2.12 bits per heavy atom. The Kier molecular flexibility index (Phi) is 5.83. The summed E-state index contributed by atoms with van der Waals surface area (Å²) in [4.78, 5) is 17.8. The molecule has 0 radical (unpaired) electrons. The lowest BCUT2D eigenvalue weighted by Gasteiger charge is -2.37. The number of piperidine rings is 1. The number of methoxy groups -OCH3 is 1. The summed E-state index contributed by atoms with van der Waals surface area (Å²) in [5.41, 5.74) is 2.77. The monoisotopic (exact) mass is 358 g/mol. The average molecular weight is 358 g/mol. The Bertz CT molecular complexity index is 754. The van der Waals surface area contributed by atoms with Gasteiger partial charge >= 0.3 is 6.09 Å². The molecule has 1 aromatic heterocycles. The zero-order valence-corrected chi connectivity index (χ0v) is 15.0. The van der Waals surface area contributed by atoms with E-state index in [0.717, 1.165) is 16.7 Å². The van der Waals surface area contributed by atoms with E-state index in [1.807, 2.05) is 37.3 Å². The molecule has 2 aromatic rings. The Hall–Kier alpha value is -2.47. The van der Waals surface area contributed by atoms with Crippen LogP contribution in [0.2, 0.25) is 0 Å². The van der Waals surface area contributed by atoms with E-state index >= 15 is 0 Å². The minimum Gasteiger partial charge on any atom is -0.445 e. The summed E-state index contributed by atoms with van der Waals surface area (Å²) in [6, 6.07) is 11.0. The highest BCUT2D eigenvalue weighted by Gasteiger charge is 2.34. The van der Waals surface area contributed by atoms with Crippen LogP contribution in [0.3, 0.4) is 0 Å². The molecule has 0 bridgehead atoms. The fourth-order valence-electron chi connectivity index (χ4n) is 3.41. The number of hydrogen-bond acceptors (Lipinski definition) is 4. The molecule has 0 saturated carbocycles. The first-order valence-corrected chi connectivity index (χ1v) is 8.69. The van der Waals surface area contributed by atoms with Crippen molar-refractivity contribution in [1.82, 2.24) is 9.88 Å². The van der Waals surface area contributed by atoms with Crippen molar-refractivity contribution in [2.45, 2.75) is 32.0 Å². The van der Waals surface area contributed by atoms with E-state index in [0.29, 0.717) is 19.5 Å². The van der Waals surface area contributed by atoms with Gasteiger partial charge in [0, 0.05) is 25.8 Å². The molecule has 2 unspecified atom stereocenters. The minimum atomic E-state index is -0.484. The number of aryl methyl sites for hydroxylation is 1. The van der Waals surface area contributed by atoms with Gasteiger partial charge in [-0.05, 0) is 36.1 Å². The Morgan fingerprint density at radius 1 is 1.35 bits per heavy atom. The molecule has 138 valence electrons. The molecule has 1 fully saturated rings. The van der Waals surface area contributed by atoms with Crippen LogP contribution in [0.15, 0.2) is 42.6 Å². The fraction of sp³-hybridized carbons (Fsp3) is 0.400. The van der Waals surface area contributed by atoms with Gasteiger partial charge in [0.05, 0.1) is 12.6 Å². The highest BCUT2D eigenvalue weighted by molar-refractivity contribution is 5.68. The molecule has 1 aromatic carbocycles. The second kappa shape index (κ2) is 8.27. The highest BCUT2D eigenvalue weighted by atomic mass is 19.1. The number of aromatic nitrogens is 1. The van der Waals surface area contributed by atoms with Crippen LogP contribution < -0.4 is 0 Å². The maximum atomic E-state index is 13.3. The number of carbonyl (C=O) groups is 1. The molecule has 1 aliphatic rings. The standard InChI is InChI=1S/C20H23FN2O3/c1-14-10-19(21)22-11-17(14)16-8-9-23(12-18(16)25-2)20(24)26-13-15-6-4-3-5-7-15/h3-7,10-11,16,18H,8-9,12-13H2,1-2H3. The van der Waals surface area contributed by atoms with Crippen molar-refractivity contribution in [3.63, 3.8) is 0 Å². The van der Waals surface area contributed by atoms with Crippen LogP contribution in [-0.4, -0.2) is 42.3 Å². The number of amides is 1. The maximum absolute atomic E-state index is 13.3. The smallest absolute Gasteiger partial charge is 0.410 e. The van der Waals surface area contributed by atoms with Gasteiger partial charge < -0.3 is 14.4 Å². The van der Waals surface area contributed by atoms with Crippen LogP contribution in [0.4, 0.5) is 9.18 Å². The summed E-state index contributed by atoms with van der Waals surface area (Å²) < 4.78 is 24.3. The molecular formula is C20H23FN2O3. The molecule has 6 heteroatoms. The molecule has 1 amide bonds. The van der Waals surface area contributed by atoms with Gasteiger partial charge in [0.1, 0.15) is 6.61 Å². The minimum absolute atomic E-state index is 0.0753. The first-order chi connectivity index (χ1) is 12.6. The molecule has 0 N–H and O–H groups in total. The molecular weight excluding hydrogens is 335 g/mol. The van der Waals surface area contributed by atoms with Crippen molar-refractivity contribution in [2.24, 2.45) is 0 Å².